The maximum Gasteiger partial charge on any atom is 0.228 e. The molecule has 1 aliphatic rings. The summed E-state index contributed by atoms with van der Waals surface area (Å²) in [5.41, 5.74) is 4.77. The average molecular weight is 427 g/mol. The Balaban J connectivity index is 1.55. The molecule has 0 saturated carbocycles. The van der Waals surface area contributed by atoms with Crippen molar-refractivity contribution in [1.29, 1.82) is 0 Å². The summed E-state index contributed by atoms with van der Waals surface area (Å²) in [4.78, 5) is 13.8. The predicted octanol–water partition coefficient (Wildman–Crippen LogP) is 5.63. The second kappa shape index (κ2) is 6.97. The lowest BCUT2D eigenvalue weighted by molar-refractivity contribution is 0.433. The normalized spacial score (nSPS) is 14.6. The number of pyridine rings is 1. The molecular weight excluding hydrogens is 410 g/mol. The third-order valence-corrected chi connectivity index (χ3v) is 6.15. The van der Waals surface area contributed by atoms with E-state index >= 15 is 0 Å². The van der Waals surface area contributed by atoms with Gasteiger partial charge in [0.2, 0.25) is 5.88 Å². The third kappa shape index (κ3) is 2.74. The zero-order valence-electron chi connectivity index (χ0n) is 17.5. The fraction of sp³-hybridized carbons (Fsp3) is 0.0370. The number of aromatic nitrogens is 5. The molecule has 0 radical (unpaired) electrons. The van der Waals surface area contributed by atoms with E-state index in [9.17, 15) is 0 Å². The van der Waals surface area contributed by atoms with Crippen LogP contribution >= 0.6 is 0 Å². The summed E-state index contributed by atoms with van der Waals surface area (Å²) >= 11 is 0. The second-order valence-corrected chi connectivity index (χ2v) is 8.05. The predicted molar refractivity (Wildman–Crippen MR) is 125 cm³/mol. The van der Waals surface area contributed by atoms with E-state index in [-0.39, 0.29) is 5.92 Å². The van der Waals surface area contributed by atoms with Gasteiger partial charge >= 0.3 is 0 Å². The van der Waals surface area contributed by atoms with Gasteiger partial charge in [0.15, 0.2) is 11.5 Å². The van der Waals surface area contributed by atoms with Crippen molar-refractivity contribution in [3.8, 4) is 23.0 Å². The smallest absolute Gasteiger partial charge is 0.228 e. The summed E-state index contributed by atoms with van der Waals surface area (Å²) in [6.07, 6.45) is 5.17. The topological polar surface area (TPSA) is 65.2 Å². The molecule has 0 bridgehead atoms. The van der Waals surface area contributed by atoms with Crippen LogP contribution in [0.2, 0.25) is 0 Å². The number of hydrogen-bond donors (Lipinski definition) is 0. The van der Waals surface area contributed by atoms with Crippen LogP contribution in [0, 0.1) is 0 Å². The van der Waals surface area contributed by atoms with Crippen molar-refractivity contribution in [1.82, 2.24) is 24.6 Å². The maximum absolute atomic E-state index is 6.36. The fourth-order valence-corrected chi connectivity index (χ4v) is 4.70. The lowest BCUT2D eigenvalue weighted by atomic mass is 9.81. The van der Waals surface area contributed by atoms with E-state index in [0.717, 1.165) is 39.0 Å². The lowest BCUT2D eigenvalue weighted by Crippen LogP contribution is -2.15. The minimum absolute atomic E-state index is 0.0989. The van der Waals surface area contributed by atoms with E-state index in [1.54, 1.807) is 23.2 Å². The van der Waals surface area contributed by atoms with Crippen molar-refractivity contribution in [2.24, 2.45) is 0 Å². The highest BCUT2D eigenvalue weighted by Crippen LogP contribution is 2.50. The lowest BCUT2D eigenvalue weighted by Gasteiger charge is -2.29. The molecule has 1 aliphatic heterocycles. The minimum Gasteiger partial charge on any atom is -0.438 e. The summed E-state index contributed by atoms with van der Waals surface area (Å²) in [6.45, 7) is 0. The summed E-state index contributed by atoms with van der Waals surface area (Å²) in [5.74, 6) is 1.88. The number of hydrogen-bond acceptors (Lipinski definition) is 5. The Morgan fingerprint density at radius 1 is 0.818 bits per heavy atom. The second-order valence-electron chi connectivity index (χ2n) is 8.05. The van der Waals surface area contributed by atoms with Crippen molar-refractivity contribution < 1.29 is 4.74 Å². The van der Waals surface area contributed by atoms with E-state index in [4.69, 9.17) is 9.72 Å². The molecule has 0 spiro atoms. The van der Waals surface area contributed by atoms with Crippen LogP contribution in [0.25, 0.3) is 27.8 Å². The molecule has 0 unspecified atom stereocenters. The molecule has 3 aromatic carbocycles. The number of nitrogens with zero attached hydrogens (tertiary/aromatic N) is 5. The van der Waals surface area contributed by atoms with E-state index in [2.05, 4.69) is 69.7 Å². The Morgan fingerprint density at radius 2 is 1.70 bits per heavy atom. The minimum atomic E-state index is -0.0989. The summed E-state index contributed by atoms with van der Waals surface area (Å²) in [5, 5.41) is 7.01. The van der Waals surface area contributed by atoms with Crippen LogP contribution in [-0.2, 0) is 0 Å². The van der Waals surface area contributed by atoms with Gasteiger partial charge in [0, 0.05) is 29.4 Å². The van der Waals surface area contributed by atoms with E-state index in [1.165, 1.54) is 5.39 Å². The highest BCUT2D eigenvalue weighted by Gasteiger charge is 2.34. The van der Waals surface area contributed by atoms with E-state index < -0.39 is 0 Å². The molecule has 0 N–H and O–H groups in total. The molecule has 3 aromatic heterocycles. The molecule has 33 heavy (non-hydrogen) atoms. The van der Waals surface area contributed by atoms with Gasteiger partial charge in [-0.1, -0.05) is 60.7 Å². The van der Waals surface area contributed by atoms with Gasteiger partial charge in [0.1, 0.15) is 12.1 Å². The maximum atomic E-state index is 6.36. The quantitative estimate of drug-likeness (QED) is 0.358. The van der Waals surface area contributed by atoms with Gasteiger partial charge in [-0.25, -0.2) is 14.5 Å². The van der Waals surface area contributed by atoms with Gasteiger partial charge in [-0.15, -0.1) is 5.10 Å². The van der Waals surface area contributed by atoms with Gasteiger partial charge in [-0.05, 0) is 34.5 Å². The average Bonchev–Trinajstić information content (AvgIpc) is 3.33. The SMILES string of the molecule is c1ccc([C@H]2c3c(ccc4ccccc34)Oc3ncn4nc(-c5cccnc5)nc4c32)cc1. The molecule has 156 valence electrons. The van der Waals surface area contributed by atoms with Crippen molar-refractivity contribution in [3.05, 3.63) is 114 Å². The summed E-state index contributed by atoms with van der Waals surface area (Å²) in [6, 6.07) is 26.8. The summed E-state index contributed by atoms with van der Waals surface area (Å²) < 4.78 is 8.09. The Hall–Kier alpha value is -4.58. The zero-order valence-corrected chi connectivity index (χ0v) is 17.5. The van der Waals surface area contributed by atoms with Crippen LogP contribution in [0.5, 0.6) is 11.6 Å². The van der Waals surface area contributed by atoms with Gasteiger partial charge in [-0.3, -0.25) is 4.98 Å². The Labute approximate surface area is 189 Å². The molecule has 0 amide bonds. The third-order valence-electron chi connectivity index (χ3n) is 6.15. The molecular formula is C27H17N5O. The Kier molecular flexibility index (Phi) is 3.81. The van der Waals surface area contributed by atoms with Crippen LogP contribution in [-0.4, -0.2) is 24.6 Å². The Morgan fingerprint density at radius 3 is 2.58 bits per heavy atom. The number of benzene rings is 3. The van der Waals surface area contributed by atoms with Crippen LogP contribution in [0.3, 0.4) is 0 Å². The van der Waals surface area contributed by atoms with Crippen LogP contribution < -0.4 is 4.74 Å². The molecule has 1 atom stereocenters. The summed E-state index contributed by atoms with van der Waals surface area (Å²) in [7, 11) is 0. The number of fused-ring (bicyclic) bond motifs is 6. The van der Waals surface area contributed by atoms with Crippen LogP contribution in [0.4, 0.5) is 0 Å². The first-order valence-electron chi connectivity index (χ1n) is 10.8. The molecule has 6 heteroatoms. The molecule has 6 nitrogen and oxygen atoms in total. The molecule has 7 rings (SSSR count). The number of rotatable bonds is 2. The first-order valence-corrected chi connectivity index (χ1v) is 10.8. The van der Waals surface area contributed by atoms with Crippen molar-refractivity contribution >= 4 is 16.4 Å². The highest BCUT2D eigenvalue weighted by atomic mass is 16.5. The number of ether oxygens (including phenoxy) is 1. The zero-order chi connectivity index (χ0) is 21.8. The van der Waals surface area contributed by atoms with E-state index in [1.807, 2.05) is 24.3 Å². The standard InChI is InChI=1S/C27H17N5O/c1-2-8-18(9-3-1)22-23-20-11-5-4-7-17(20)12-13-21(23)33-27-24(22)26-30-25(31-32(26)16-29-27)19-10-6-14-28-15-19/h1-16,22H/t22-/m0/s1. The van der Waals surface area contributed by atoms with Crippen molar-refractivity contribution in [3.63, 3.8) is 0 Å². The molecule has 4 heterocycles. The Bertz CT molecular complexity index is 1640. The molecule has 6 aromatic rings. The highest BCUT2D eigenvalue weighted by molar-refractivity contribution is 5.90. The van der Waals surface area contributed by atoms with Gasteiger partial charge in [-0.2, -0.15) is 0 Å². The first-order chi connectivity index (χ1) is 16.4. The van der Waals surface area contributed by atoms with Gasteiger partial charge in [0.05, 0.1) is 5.56 Å². The molecule has 0 fully saturated rings. The van der Waals surface area contributed by atoms with Crippen LogP contribution in [0.15, 0.2) is 97.6 Å². The fourth-order valence-electron chi connectivity index (χ4n) is 4.70. The monoisotopic (exact) mass is 427 g/mol. The first kappa shape index (κ1) is 18.0. The molecule has 0 aliphatic carbocycles. The largest absolute Gasteiger partial charge is 0.438 e. The van der Waals surface area contributed by atoms with Crippen molar-refractivity contribution in [2.45, 2.75) is 5.92 Å². The van der Waals surface area contributed by atoms with Gasteiger partial charge in [0.25, 0.3) is 0 Å². The van der Waals surface area contributed by atoms with Crippen LogP contribution in [0.1, 0.15) is 22.6 Å². The van der Waals surface area contributed by atoms with Gasteiger partial charge < -0.3 is 4.74 Å². The van der Waals surface area contributed by atoms with Crippen molar-refractivity contribution in [2.75, 3.05) is 0 Å². The molecule has 0 saturated heterocycles. The van der Waals surface area contributed by atoms with E-state index in [0.29, 0.717) is 11.7 Å².